The van der Waals surface area contributed by atoms with E-state index in [1.165, 1.54) is 0 Å². The molecular formula is C23H25N3O3. The largest absolute Gasteiger partial charge is 0.475 e. The molecule has 6 nitrogen and oxygen atoms in total. The topological polar surface area (TPSA) is 63.7 Å². The predicted octanol–water partition coefficient (Wildman–Crippen LogP) is 3.80. The highest BCUT2D eigenvalue weighted by molar-refractivity contribution is 6.00. The quantitative estimate of drug-likeness (QED) is 0.562. The lowest BCUT2D eigenvalue weighted by molar-refractivity contribution is 0.0951. The van der Waals surface area contributed by atoms with Gasteiger partial charge < -0.3 is 19.7 Å². The van der Waals surface area contributed by atoms with E-state index in [0.29, 0.717) is 31.2 Å². The number of nitrogens with one attached hydrogen (secondary N) is 1. The van der Waals surface area contributed by atoms with E-state index < -0.39 is 0 Å². The predicted molar refractivity (Wildman–Crippen MR) is 114 cm³/mol. The summed E-state index contributed by atoms with van der Waals surface area (Å²) < 4.78 is 10.4. The lowest BCUT2D eigenvalue weighted by Crippen LogP contribution is -2.25. The number of ether oxygens (including phenoxy) is 2. The van der Waals surface area contributed by atoms with Crippen molar-refractivity contribution in [3.63, 3.8) is 0 Å². The minimum Gasteiger partial charge on any atom is -0.475 e. The number of nitrogens with zero attached hydrogens (tertiary/aromatic N) is 2. The number of hydrogen-bond acceptors (Lipinski definition) is 5. The summed E-state index contributed by atoms with van der Waals surface area (Å²) in [5, 5.41) is 2.97. The molecule has 0 aliphatic carbocycles. The zero-order valence-electron chi connectivity index (χ0n) is 16.7. The molecule has 0 spiro atoms. The van der Waals surface area contributed by atoms with Gasteiger partial charge in [0, 0.05) is 38.7 Å². The van der Waals surface area contributed by atoms with Gasteiger partial charge in [-0.05, 0) is 29.8 Å². The molecule has 0 saturated carbocycles. The average molecular weight is 391 g/mol. The molecule has 150 valence electrons. The maximum Gasteiger partial charge on any atom is 0.253 e. The van der Waals surface area contributed by atoms with Crippen LogP contribution in [0, 0.1) is 0 Å². The van der Waals surface area contributed by atoms with Crippen LogP contribution in [-0.2, 0) is 11.3 Å². The standard InChI is InChI=1S/C23H25N3O3/c1-26(19-8-4-3-5-9-19)21-11-7-6-10-20(21)23(27)25-17-18-12-13-22(24-16-18)29-15-14-28-2/h3-13,16H,14-15,17H2,1-2H3,(H,25,27). The lowest BCUT2D eigenvalue weighted by atomic mass is 10.1. The van der Waals surface area contributed by atoms with E-state index in [4.69, 9.17) is 9.47 Å². The van der Waals surface area contributed by atoms with Crippen LogP contribution in [0.5, 0.6) is 5.88 Å². The molecule has 0 bridgehead atoms. The molecule has 1 aromatic heterocycles. The van der Waals surface area contributed by atoms with Crippen molar-refractivity contribution in [3.8, 4) is 5.88 Å². The first-order chi connectivity index (χ1) is 14.2. The Morgan fingerprint density at radius 2 is 1.76 bits per heavy atom. The summed E-state index contributed by atoms with van der Waals surface area (Å²) in [4.78, 5) is 19.1. The second kappa shape index (κ2) is 10.2. The van der Waals surface area contributed by atoms with Crippen LogP contribution in [-0.4, -0.2) is 38.3 Å². The number of amides is 1. The minimum atomic E-state index is -0.135. The Bertz CT molecular complexity index is 914. The van der Waals surface area contributed by atoms with Crippen molar-refractivity contribution in [2.75, 3.05) is 32.3 Å². The van der Waals surface area contributed by atoms with Gasteiger partial charge in [0.05, 0.1) is 17.9 Å². The highest BCUT2D eigenvalue weighted by atomic mass is 16.5. The van der Waals surface area contributed by atoms with Gasteiger partial charge in [0.15, 0.2) is 0 Å². The van der Waals surface area contributed by atoms with Crippen LogP contribution in [0.3, 0.4) is 0 Å². The van der Waals surface area contributed by atoms with Crippen LogP contribution in [0.4, 0.5) is 11.4 Å². The number of carbonyl (C=O) groups excluding carboxylic acids is 1. The van der Waals surface area contributed by atoms with E-state index in [1.807, 2.05) is 72.6 Å². The number of anilines is 2. The first-order valence-electron chi connectivity index (χ1n) is 9.41. The number of rotatable bonds is 9. The third-order valence-corrected chi connectivity index (χ3v) is 4.44. The number of methoxy groups -OCH3 is 1. The summed E-state index contributed by atoms with van der Waals surface area (Å²) in [6, 6.07) is 21.2. The van der Waals surface area contributed by atoms with E-state index in [9.17, 15) is 4.79 Å². The Balaban J connectivity index is 1.64. The highest BCUT2D eigenvalue weighted by Crippen LogP contribution is 2.26. The molecule has 0 aliphatic heterocycles. The van der Waals surface area contributed by atoms with Crippen molar-refractivity contribution in [2.45, 2.75) is 6.54 Å². The summed E-state index contributed by atoms with van der Waals surface area (Å²) in [6.07, 6.45) is 1.70. The number of hydrogen-bond donors (Lipinski definition) is 1. The number of carbonyl (C=O) groups is 1. The first-order valence-corrected chi connectivity index (χ1v) is 9.41. The Labute approximate surface area is 171 Å². The van der Waals surface area contributed by atoms with Crippen molar-refractivity contribution < 1.29 is 14.3 Å². The second-order valence-corrected chi connectivity index (χ2v) is 6.44. The molecule has 0 fully saturated rings. The number of pyridine rings is 1. The van der Waals surface area contributed by atoms with Gasteiger partial charge in [0.1, 0.15) is 6.61 Å². The third kappa shape index (κ3) is 5.56. The maximum absolute atomic E-state index is 12.8. The van der Waals surface area contributed by atoms with Crippen LogP contribution >= 0.6 is 0 Å². The Kier molecular flexibility index (Phi) is 7.19. The minimum absolute atomic E-state index is 0.135. The van der Waals surface area contributed by atoms with Gasteiger partial charge in [-0.15, -0.1) is 0 Å². The Morgan fingerprint density at radius 1 is 1.00 bits per heavy atom. The Hall–Kier alpha value is -3.38. The van der Waals surface area contributed by atoms with Crippen LogP contribution < -0.4 is 15.0 Å². The van der Waals surface area contributed by atoms with Crippen molar-refractivity contribution in [2.24, 2.45) is 0 Å². The van der Waals surface area contributed by atoms with Crippen molar-refractivity contribution >= 4 is 17.3 Å². The molecule has 0 atom stereocenters. The van der Waals surface area contributed by atoms with Gasteiger partial charge in [0.2, 0.25) is 5.88 Å². The van der Waals surface area contributed by atoms with Gasteiger partial charge in [-0.2, -0.15) is 0 Å². The van der Waals surface area contributed by atoms with E-state index >= 15 is 0 Å². The van der Waals surface area contributed by atoms with Crippen molar-refractivity contribution in [1.29, 1.82) is 0 Å². The smallest absolute Gasteiger partial charge is 0.253 e. The lowest BCUT2D eigenvalue weighted by Gasteiger charge is -2.22. The first kappa shape index (κ1) is 20.4. The average Bonchev–Trinajstić information content (AvgIpc) is 2.78. The summed E-state index contributed by atoms with van der Waals surface area (Å²) in [7, 11) is 3.58. The van der Waals surface area contributed by atoms with E-state index in [1.54, 1.807) is 19.4 Å². The zero-order chi connectivity index (χ0) is 20.5. The van der Waals surface area contributed by atoms with Gasteiger partial charge in [-0.1, -0.05) is 36.4 Å². The van der Waals surface area contributed by atoms with Crippen LogP contribution in [0.1, 0.15) is 15.9 Å². The molecule has 0 aliphatic rings. The summed E-state index contributed by atoms with van der Waals surface area (Å²) in [5.74, 6) is 0.399. The zero-order valence-corrected chi connectivity index (χ0v) is 16.7. The summed E-state index contributed by atoms with van der Waals surface area (Å²) >= 11 is 0. The third-order valence-electron chi connectivity index (χ3n) is 4.44. The normalized spacial score (nSPS) is 10.4. The van der Waals surface area contributed by atoms with Gasteiger partial charge in [-0.3, -0.25) is 4.79 Å². The van der Waals surface area contributed by atoms with Crippen molar-refractivity contribution in [3.05, 3.63) is 84.1 Å². The SMILES string of the molecule is COCCOc1ccc(CNC(=O)c2ccccc2N(C)c2ccccc2)cn1. The highest BCUT2D eigenvalue weighted by Gasteiger charge is 2.14. The molecule has 1 N–H and O–H groups in total. The monoisotopic (exact) mass is 391 g/mol. The van der Waals surface area contributed by atoms with E-state index in [2.05, 4.69) is 10.3 Å². The fourth-order valence-corrected chi connectivity index (χ4v) is 2.86. The van der Waals surface area contributed by atoms with Crippen LogP contribution in [0.25, 0.3) is 0 Å². The number of benzene rings is 2. The molecule has 0 saturated heterocycles. The fourth-order valence-electron chi connectivity index (χ4n) is 2.86. The molecule has 0 radical (unpaired) electrons. The van der Waals surface area contributed by atoms with Crippen molar-refractivity contribution in [1.82, 2.24) is 10.3 Å². The van der Waals surface area contributed by atoms with Gasteiger partial charge >= 0.3 is 0 Å². The fraction of sp³-hybridized carbons (Fsp3) is 0.217. The molecular weight excluding hydrogens is 366 g/mol. The molecule has 2 aromatic carbocycles. The molecule has 3 rings (SSSR count). The van der Waals surface area contributed by atoms with Crippen LogP contribution in [0.2, 0.25) is 0 Å². The number of para-hydroxylation sites is 2. The van der Waals surface area contributed by atoms with E-state index in [0.717, 1.165) is 16.9 Å². The van der Waals surface area contributed by atoms with E-state index in [-0.39, 0.29) is 5.91 Å². The van der Waals surface area contributed by atoms with Gasteiger partial charge in [-0.25, -0.2) is 4.98 Å². The summed E-state index contributed by atoms with van der Waals surface area (Å²) in [5.41, 5.74) is 3.37. The number of aromatic nitrogens is 1. The molecule has 3 aromatic rings. The second-order valence-electron chi connectivity index (χ2n) is 6.44. The molecule has 6 heteroatoms. The maximum atomic E-state index is 12.8. The molecule has 0 unspecified atom stereocenters. The summed E-state index contributed by atoms with van der Waals surface area (Å²) in [6.45, 7) is 1.34. The van der Waals surface area contributed by atoms with Crippen LogP contribution in [0.15, 0.2) is 72.9 Å². The Morgan fingerprint density at radius 3 is 2.48 bits per heavy atom. The van der Waals surface area contributed by atoms with Gasteiger partial charge in [0.25, 0.3) is 5.91 Å². The molecule has 1 heterocycles. The molecule has 1 amide bonds. The molecule has 29 heavy (non-hydrogen) atoms.